The van der Waals surface area contributed by atoms with Crippen LogP contribution in [0.2, 0.25) is 0 Å². The van der Waals surface area contributed by atoms with Crippen LogP contribution in [0.5, 0.6) is 0 Å². The molecule has 1 aliphatic carbocycles. The van der Waals surface area contributed by atoms with Crippen molar-refractivity contribution < 1.29 is 9.84 Å². The Balaban J connectivity index is 0.000000170. The second kappa shape index (κ2) is 6.80. The van der Waals surface area contributed by atoms with E-state index in [1.54, 1.807) is 0 Å². The monoisotopic (exact) mass is 354 g/mol. The van der Waals surface area contributed by atoms with Gasteiger partial charge in [-0.05, 0) is 51.1 Å². The van der Waals surface area contributed by atoms with Gasteiger partial charge < -0.3 is 9.84 Å². The number of ether oxygens (including phenoxy) is 1. The van der Waals surface area contributed by atoms with E-state index in [9.17, 15) is 0 Å². The van der Waals surface area contributed by atoms with E-state index < -0.39 is 0 Å². The van der Waals surface area contributed by atoms with Gasteiger partial charge in [-0.2, -0.15) is 0 Å². The van der Waals surface area contributed by atoms with Gasteiger partial charge in [0, 0.05) is 0 Å². The van der Waals surface area contributed by atoms with E-state index in [0.717, 1.165) is 12.0 Å². The van der Waals surface area contributed by atoms with Crippen molar-refractivity contribution in [2.45, 2.75) is 31.7 Å². The predicted molar refractivity (Wildman–Crippen MR) is 110 cm³/mol. The van der Waals surface area contributed by atoms with E-state index in [1.807, 2.05) is 30.3 Å². The number of hydrogen-bond donors (Lipinski definition) is 1. The maximum absolute atomic E-state index is 8.54. The second-order valence-corrected chi connectivity index (χ2v) is 7.29. The highest BCUT2D eigenvalue weighted by Gasteiger charge is 2.44. The summed E-state index contributed by atoms with van der Waals surface area (Å²) in [5.41, 5.74) is 3.91. The van der Waals surface area contributed by atoms with Gasteiger partial charge in [0.15, 0.2) is 0 Å². The molecule has 2 heteroatoms. The molecule has 0 spiro atoms. The van der Waals surface area contributed by atoms with E-state index in [2.05, 4.69) is 48.5 Å². The van der Waals surface area contributed by atoms with Crippen molar-refractivity contribution in [2.24, 2.45) is 0 Å². The first-order chi connectivity index (χ1) is 13.3. The number of aryl methyl sites for hydroxylation is 1. The Morgan fingerprint density at radius 2 is 1.56 bits per heavy atom. The van der Waals surface area contributed by atoms with E-state index in [0.29, 0.717) is 12.2 Å². The topological polar surface area (TPSA) is 32.8 Å². The number of benzene rings is 4. The molecule has 4 aromatic carbocycles. The minimum Gasteiger partial charge on any atom is -0.392 e. The molecule has 2 atom stereocenters. The molecule has 6 rings (SSSR count). The Hall–Kier alpha value is -2.68. The van der Waals surface area contributed by atoms with Crippen molar-refractivity contribution in [1.29, 1.82) is 0 Å². The Bertz CT molecular complexity index is 1100. The quantitative estimate of drug-likeness (QED) is 0.359. The third-order valence-electron chi connectivity index (χ3n) is 5.67. The summed E-state index contributed by atoms with van der Waals surface area (Å²) in [7, 11) is 0. The van der Waals surface area contributed by atoms with E-state index >= 15 is 0 Å². The van der Waals surface area contributed by atoms with E-state index in [-0.39, 0.29) is 6.61 Å². The van der Waals surface area contributed by atoms with E-state index in [4.69, 9.17) is 9.84 Å². The summed E-state index contributed by atoms with van der Waals surface area (Å²) in [6, 6.07) is 27.3. The molecule has 1 fully saturated rings. The number of fused-ring (bicyclic) bond motifs is 7. The Kier molecular flexibility index (Phi) is 4.16. The zero-order valence-electron chi connectivity index (χ0n) is 15.1. The van der Waals surface area contributed by atoms with E-state index in [1.165, 1.54) is 39.1 Å². The van der Waals surface area contributed by atoms with Gasteiger partial charge in [-0.25, -0.2) is 0 Å². The first-order valence-electron chi connectivity index (χ1n) is 9.58. The molecule has 0 radical (unpaired) electrons. The highest BCUT2D eigenvalue weighted by Crippen LogP contribution is 2.48. The molecule has 2 unspecified atom stereocenters. The average Bonchev–Trinajstić information content (AvgIpc) is 3.54. The van der Waals surface area contributed by atoms with Crippen molar-refractivity contribution in [3.8, 4) is 0 Å². The molecule has 0 saturated carbocycles. The fourth-order valence-electron chi connectivity index (χ4n) is 4.22. The van der Waals surface area contributed by atoms with Crippen LogP contribution in [0, 0.1) is 0 Å². The third kappa shape index (κ3) is 3.01. The summed E-state index contributed by atoms with van der Waals surface area (Å²) in [5, 5.41) is 14.0. The van der Waals surface area contributed by atoms with Crippen LogP contribution < -0.4 is 0 Å². The number of hydrogen-bond acceptors (Lipinski definition) is 2. The van der Waals surface area contributed by atoms with Gasteiger partial charge in [0.05, 0.1) is 12.7 Å². The molecule has 1 aliphatic heterocycles. The fraction of sp³-hybridized carbons (Fsp3) is 0.200. The molecular weight excluding hydrogens is 332 g/mol. The van der Waals surface area contributed by atoms with Crippen LogP contribution in [0.25, 0.3) is 21.5 Å². The van der Waals surface area contributed by atoms with Crippen LogP contribution in [0.4, 0.5) is 0 Å². The summed E-state index contributed by atoms with van der Waals surface area (Å²) in [4.78, 5) is 0. The summed E-state index contributed by atoms with van der Waals surface area (Å²) >= 11 is 0. The SMILES string of the molecule is OCc1ccccc1.c1ccc2c(c1)ccc1c3c(ccc12)C1OC1CC3. The minimum absolute atomic E-state index is 0.140. The van der Waals surface area contributed by atoms with Crippen molar-refractivity contribution in [3.05, 3.63) is 95.6 Å². The van der Waals surface area contributed by atoms with Crippen LogP contribution in [0.1, 0.15) is 29.2 Å². The first-order valence-corrected chi connectivity index (χ1v) is 9.58. The standard InChI is InChI=1S/C18H14O.C7H8O/c1-2-4-12-11(3-1)5-6-14-13(12)7-8-16-15(14)9-10-17-18(16)19-17;8-6-7-4-2-1-3-5-7/h1-8,17-18H,9-10H2;1-5,8H,6H2. The van der Waals surface area contributed by atoms with Gasteiger partial charge in [-0.3, -0.25) is 0 Å². The lowest BCUT2D eigenvalue weighted by Gasteiger charge is -2.16. The summed E-state index contributed by atoms with van der Waals surface area (Å²) in [6.07, 6.45) is 3.24. The second-order valence-electron chi connectivity index (χ2n) is 7.29. The highest BCUT2D eigenvalue weighted by molar-refractivity contribution is 6.08. The van der Waals surface area contributed by atoms with Crippen LogP contribution >= 0.6 is 0 Å². The number of rotatable bonds is 1. The molecule has 0 aromatic heterocycles. The Morgan fingerprint density at radius 3 is 2.37 bits per heavy atom. The summed E-state index contributed by atoms with van der Waals surface area (Å²) in [6.45, 7) is 0.140. The molecule has 134 valence electrons. The van der Waals surface area contributed by atoms with Gasteiger partial charge in [0.2, 0.25) is 0 Å². The van der Waals surface area contributed by atoms with Crippen molar-refractivity contribution in [3.63, 3.8) is 0 Å². The molecule has 2 nitrogen and oxygen atoms in total. The molecule has 1 N–H and O–H groups in total. The largest absolute Gasteiger partial charge is 0.392 e. The lowest BCUT2D eigenvalue weighted by molar-refractivity contribution is 0.282. The van der Waals surface area contributed by atoms with Crippen molar-refractivity contribution in [2.75, 3.05) is 0 Å². The minimum atomic E-state index is 0.140. The molecule has 27 heavy (non-hydrogen) atoms. The number of aliphatic hydroxyl groups excluding tert-OH is 1. The summed E-state index contributed by atoms with van der Waals surface area (Å²) in [5.74, 6) is 0. The lowest BCUT2D eigenvalue weighted by atomic mass is 9.86. The smallest absolute Gasteiger partial charge is 0.109 e. The molecule has 0 amide bonds. The fourth-order valence-corrected chi connectivity index (χ4v) is 4.22. The Labute approximate surface area is 159 Å². The van der Waals surface area contributed by atoms with Crippen LogP contribution in [-0.2, 0) is 17.8 Å². The highest BCUT2D eigenvalue weighted by atomic mass is 16.6. The van der Waals surface area contributed by atoms with Crippen molar-refractivity contribution >= 4 is 21.5 Å². The normalized spacial score (nSPS) is 19.7. The zero-order chi connectivity index (χ0) is 18.2. The predicted octanol–water partition coefficient (Wildman–Crippen LogP) is 5.56. The molecule has 1 heterocycles. The van der Waals surface area contributed by atoms with Crippen LogP contribution in [-0.4, -0.2) is 11.2 Å². The molecule has 0 bridgehead atoms. The van der Waals surface area contributed by atoms with Gasteiger partial charge in [0.25, 0.3) is 0 Å². The first kappa shape index (κ1) is 16.5. The third-order valence-corrected chi connectivity index (χ3v) is 5.67. The zero-order valence-corrected chi connectivity index (χ0v) is 15.1. The molecule has 4 aromatic rings. The van der Waals surface area contributed by atoms with Gasteiger partial charge in [-0.15, -0.1) is 0 Å². The number of epoxide rings is 1. The average molecular weight is 354 g/mol. The van der Waals surface area contributed by atoms with Crippen LogP contribution in [0.15, 0.2) is 78.9 Å². The van der Waals surface area contributed by atoms with Gasteiger partial charge in [0.1, 0.15) is 6.10 Å². The van der Waals surface area contributed by atoms with Gasteiger partial charge >= 0.3 is 0 Å². The summed E-state index contributed by atoms with van der Waals surface area (Å²) < 4.78 is 5.74. The molecule has 1 saturated heterocycles. The lowest BCUT2D eigenvalue weighted by Crippen LogP contribution is -2.04. The molecule has 2 aliphatic rings. The van der Waals surface area contributed by atoms with Crippen LogP contribution in [0.3, 0.4) is 0 Å². The molecular formula is C25H22O2. The maximum Gasteiger partial charge on any atom is 0.109 e. The van der Waals surface area contributed by atoms with Gasteiger partial charge in [-0.1, -0.05) is 78.9 Å². The van der Waals surface area contributed by atoms with Crippen molar-refractivity contribution in [1.82, 2.24) is 0 Å². The Morgan fingerprint density at radius 1 is 0.778 bits per heavy atom. The maximum atomic E-state index is 8.54. The number of aliphatic hydroxyl groups is 1.